The summed E-state index contributed by atoms with van der Waals surface area (Å²) in [7, 11) is 1.81. The van der Waals surface area contributed by atoms with Crippen LogP contribution >= 0.6 is 35.6 Å². The van der Waals surface area contributed by atoms with Gasteiger partial charge in [-0.3, -0.25) is 4.99 Å². The Kier molecular flexibility index (Phi) is 7.12. The van der Waals surface area contributed by atoms with E-state index in [0.29, 0.717) is 10.4 Å². The number of ether oxygens (including phenoxy) is 1. The van der Waals surface area contributed by atoms with Crippen LogP contribution in [0.2, 0.25) is 5.02 Å². The predicted molar refractivity (Wildman–Crippen MR) is 106 cm³/mol. The lowest BCUT2D eigenvalue weighted by molar-refractivity contribution is 0.156. The van der Waals surface area contributed by atoms with Gasteiger partial charge in [-0.05, 0) is 37.0 Å². The van der Waals surface area contributed by atoms with Gasteiger partial charge in [-0.15, -0.1) is 24.0 Å². The summed E-state index contributed by atoms with van der Waals surface area (Å²) in [5.41, 5.74) is 1.26. The maximum atomic E-state index is 13.1. The lowest BCUT2D eigenvalue weighted by Crippen LogP contribution is -2.42. The molecule has 1 aromatic rings. The SMILES string of the molecule is CN=C(NCCc1ccc(F)cc1Cl)N1CCC2(CCOC2)C1.I. The van der Waals surface area contributed by atoms with Gasteiger partial charge in [0.2, 0.25) is 0 Å². The fourth-order valence-electron chi connectivity index (χ4n) is 3.45. The topological polar surface area (TPSA) is 36.9 Å². The van der Waals surface area contributed by atoms with Gasteiger partial charge >= 0.3 is 0 Å². The van der Waals surface area contributed by atoms with Gasteiger partial charge in [0.15, 0.2) is 5.96 Å². The third-order valence-electron chi connectivity index (χ3n) is 4.83. The first-order valence-electron chi connectivity index (χ1n) is 8.09. The van der Waals surface area contributed by atoms with Crippen LogP contribution in [0.3, 0.4) is 0 Å². The Labute approximate surface area is 164 Å². The van der Waals surface area contributed by atoms with Gasteiger partial charge in [0.1, 0.15) is 5.82 Å². The number of guanidine groups is 1. The molecule has 1 spiro atoms. The number of aliphatic imine (C=N–C) groups is 1. The summed E-state index contributed by atoms with van der Waals surface area (Å²) in [6, 6.07) is 4.54. The van der Waals surface area contributed by atoms with Gasteiger partial charge in [0, 0.05) is 43.7 Å². The van der Waals surface area contributed by atoms with E-state index in [-0.39, 0.29) is 29.8 Å². The van der Waals surface area contributed by atoms with Crippen molar-refractivity contribution in [3.05, 3.63) is 34.6 Å². The summed E-state index contributed by atoms with van der Waals surface area (Å²) in [5, 5.41) is 3.87. The van der Waals surface area contributed by atoms with Crippen molar-refractivity contribution >= 4 is 41.5 Å². The van der Waals surface area contributed by atoms with Crippen LogP contribution in [0.25, 0.3) is 0 Å². The van der Waals surface area contributed by atoms with Crippen molar-refractivity contribution in [3.63, 3.8) is 0 Å². The highest BCUT2D eigenvalue weighted by Crippen LogP contribution is 2.38. The molecule has 0 aromatic heterocycles. The van der Waals surface area contributed by atoms with Gasteiger partial charge in [0.05, 0.1) is 6.61 Å². The standard InChI is InChI=1S/C17H23ClFN3O.HI/c1-20-16(22-8-5-17(11-22)6-9-23-12-17)21-7-4-13-2-3-14(19)10-15(13)18;/h2-3,10H,4-9,11-12H2,1H3,(H,20,21);1H. The van der Waals surface area contributed by atoms with Crippen LogP contribution in [-0.2, 0) is 11.2 Å². The Bertz CT molecular complexity index is 593. The molecule has 2 saturated heterocycles. The van der Waals surface area contributed by atoms with Crippen LogP contribution in [0.4, 0.5) is 4.39 Å². The van der Waals surface area contributed by atoms with E-state index >= 15 is 0 Å². The number of nitrogens with one attached hydrogen (secondary N) is 1. The molecule has 24 heavy (non-hydrogen) atoms. The Hall–Kier alpha value is -0.600. The minimum atomic E-state index is -0.302. The number of nitrogens with zero attached hydrogens (tertiary/aromatic N) is 2. The van der Waals surface area contributed by atoms with Crippen molar-refractivity contribution in [2.45, 2.75) is 19.3 Å². The zero-order chi connectivity index (χ0) is 16.3. The molecule has 134 valence electrons. The van der Waals surface area contributed by atoms with Crippen LogP contribution in [0, 0.1) is 11.2 Å². The maximum Gasteiger partial charge on any atom is 0.193 e. The Morgan fingerprint density at radius 3 is 2.96 bits per heavy atom. The Balaban J connectivity index is 0.00000208. The highest BCUT2D eigenvalue weighted by Gasteiger charge is 2.42. The molecule has 0 aliphatic carbocycles. The van der Waals surface area contributed by atoms with Crippen LogP contribution in [-0.4, -0.2) is 50.8 Å². The second kappa shape index (κ2) is 8.67. The number of likely N-dealkylation sites (tertiary alicyclic amines) is 1. The van der Waals surface area contributed by atoms with Gasteiger partial charge in [-0.1, -0.05) is 17.7 Å². The van der Waals surface area contributed by atoms with Crippen molar-refractivity contribution in [3.8, 4) is 0 Å². The van der Waals surface area contributed by atoms with Crippen molar-refractivity contribution in [2.75, 3.05) is 39.9 Å². The van der Waals surface area contributed by atoms with Crippen molar-refractivity contribution < 1.29 is 9.13 Å². The maximum absolute atomic E-state index is 13.1. The van der Waals surface area contributed by atoms with E-state index in [1.165, 1.54) is 12.1 Å². The zero-order valence-corrected chi connectivity index (χ0v) is 16.9. The molecule has 0 saturated carbocycles. The third kappa shape index (κ3) is 4.52. The molecule has 3 rings (SSSR count). The fraction of sp³-hybridized carbons (Fsp3) is 0.588. The van der Waals surface area contributed by atoms with E-state index in [9.17, 15) is 4.39 Å². The minimum absolute atomic E-state index is 0. The molecule has 1 atom stereocenters. The lowest BCUT2D eigenvalue weighted by atomic mass is 9.87. The molecule has 4 nitrogen and oxygen atoms in total. The summed E-state index contributed by atoms with van der Waals surface area (Å²) >= 11 is 6.07. The number of halogens is 3. The Morgan fingerprint density at radius 1 is 1.46 bits per heavy atom. The number of hydrogen-bond acceptors (Lipinski definition) is 2. The number of rotatable bonds is 3. The van der Waals surface area contributed by atoms with Crippen LogP contribution in [0.1, 0.15) is 18.4 Å². The van der Waals surface area contributed by atoms with E-state index in [0.717, 1.165) is 63.6 Å². The predicted octanol–water partition coefficient (Wildman–Crippen LogP) is 3.33. The summed E-state index contributed by atoms with van der Waals surface area (Å²) in [5.74, 6) is 0.621. The molecular formula is C17H24ClFIN3O. The lowest BCUT2D eigenvalue weighted by Gasteiger charge is -2.25. The molecule has 0 bridgehead atoms. The van der Waals surface area contributed by atoms with E-state index < -0.39 is 0 Å². The number of benzene rings is 1. The van der Waals surface area contributed by atoms with Crippen molar-refractivity contribution in [2.24, 2.45) is 10.4 Å². The average Bonchev–Trinajstić information content (AvgIpc) is 3.16. The molecule has 2 aliphatic rings. The molecule has 2 fully saturated rings. The Morgan fingerprint density at radius 2 is 2.29 bits per heavy atom. The summed E-state index contributed by atoms with van der Waals surface area (Å²) < 4.78 is 18.6. The third-order valence-corrected chi connectivity index (χ3v) is 5.18. The first-order chi connectivity index (χ1) is 11.1. The van der Waals surface area contributed by atoms with Crippen LogP contribution in [0.15, 0.2) is 23.2 Å². The molecule has 1 aromatic carbocycles. The van der Waals surface area contributed by atoms with Gasteiger partial charge < -0.3 is 15.0 Å². The molecule has 0 amide bonds. The summed E-state index contributed by atoms with van der Waals surface area (Å²) in [6.07, 6.45) is 3.05. The quantitative estimate of drug-likeness (QED) is 0.421. The van der Waals surface area contributed by atoms with Crippen LogP contribution in [0.5, 0.6) is 0 Å². The summed E-state index contributed by atoms with van der Waals surface area (Å²) in [6.45, 7) is 4.48. The van der Waals surface area contributed by atoms with Gasteiger partial charge in [-0.2, -0.15) is 0 Å². The first kappa shape index (κ1) is 19.7. The second-order valence-corrected chi connectivity index (χ2v) is 6.84. The van der Waals surface area contributed by atoms with Crippen LogP contribution < -0.4 is 5.32 Å². The largest absolute Gasteiger partial charge is 0.381 e. The molecule has 0 radical (unpaired) electrons. The van der Waals surface area contributed by atoms with E-state index in [4.69, 9.17) is 16.3 Å². The van der Waals surface area contributed by atoms with Gasteiger partial charge in [-0.25, -0.2) is 4.39 Å². The highest BCUT2D eigenvalue weighted by atomic mass is 127. The second-order valence-electron chi connectivity index (χ2n) is 6.43. The summed E-state index contributed by atoms with van der Waals surface area (Å²) in [4.78, 5) is 6.70. The fourth-order valence-corrected chi connectivity index (χ4v) is 3.71. The van der Waals surface area contributed by atoms with E-state index in [1.54, 1.807) is 6.07 Å². The monoisotopic (exact) mass is 467 g/mol. The average molecular weight is 468 g/mol. The molecule has 2 heterocycles. The zero-order valence-electron chi connectivity index (χ0n) is 13.9. The number of hydrogen-bond donors (Lipinski definition) is 1. The normalized spacial score (nSPS) is 23.6. The van der Waals surface area contributed by atoms with E-state index in [2.05, 4.69) is 15.2 Å². The molecule has 1 unspecified atom stereocenters. The molecule has 7 heteroatoms. The van der Waals surface area contributed by atoms with Crippen molar-refractivity contribution in [1.29, 1.82) is 0 Å². The highest BCUT2D eigenvalue weighted by molar-refractivity contribution is 14.0. The first-order valence-corrected chi connectivity index (χ1v) is 8.47. The van der Waals surface area contributed by atoms with E-state index in [1.807, 2.05) is 7.05 Å². The molecule has 1 N–H and O–H groups in total. The van der Waals surface area contributed by atoms with Gasteiger partial charge in [0.25, 0.3) is 0 Å². The van der Waals surface area contributed by atoms with Crippen molar-refractivity contribution in [1.82, 2.24) is 10.2 Å². The smallest absolute Gasteiger partial charge is 0.193 e. The molecule has 2 aliphatic heterocycles. The minimum Gasteiger partial charge on any atom is -0.381 e. The molecular weight excluding hydrogens is 444 g/mol.